The topological polar surface area (TPSA) is 104 Å². The summed E-state index contributed by atoms with van der Waals surface area (Å²) in [4.78, 5) is 29.7. The minimum atomic E-state index is -4.11. The van der Waals surface area contributed by atoms with Crippen LogP contribution in [0, 0.1) is 0 Å². The molecule has 9 heteroatoms. The van der Waals surface area contributed by atoms with Gasteiger partial charge in [-0.3, -0.25) is 4.79 Å². The van der Waals surface area contributed by atoms with Crippen LogP contribution in [0.5, 0.6) is 0 Å². The number of carbonyl (C=O) groups is 1. The second kappa shape index (κ2) is 8.31. The van der Waals surface area contributed by atoms with Crippen LogP contribution in [0.25, 0.3) is 11.3 Å². The molecule has 4 rings (SSSR count). The maximum Gasteiger partial charge on any atom is 0.340 e. The molecule has 0 bridgehead atoms. The lowest BCUT2D eigenvalue weighted by atomic mass is 10.1. The molecule has 1 aliphatic rings. The predicted molar refractivity (Wildman–Crippen MR) is 128 cm³/mol. The van der Waals surface area contributed by atoms with Gasteiger partial charge in [0.15, 0.2) is 0 Å². The average Bonchev–Trinajstić information content (AvgIpc) is 3.31. The monoisotopic (exact) mass is 468 g/mol. The molecule has 2 heterocycles. The Balaban J connectivity index is 1.65. The lowest BCUT2D eigenvalue weighted by molar-refractivity contribution is -0.118. The molecule has 0 saturated heterocycles. The van der Waals surface area contributed by atoms with E-state index in [-0.39, 0.29) is 28.9 Å². The molecule has 1 aromatic heterocycles. The van der Waals surface area contributed by atoms with E-state index in [1.807, 2.05) is 45.9 Å². The number of aromatic amines is 1. The van der Waals surface area contributed by atoms with Crippen LogP contribution in [0.4, 0.5) is 5.69 Å². The first-order chi connectivity index (χ1) is 15.5. The fraction of sp³-hybridized carbons (Fsp3) is 0.333. The molecule has 1 aliphatic heterocycles. The van der Waals surface area contributed by atoms with Crippen molar-refractivity contribution in [3.63, 3.8) is 0 Å². The van der Waals surface area contributed by atoms with Gasteiger partial charge in [0.2, 0.25) is 5.91 Å². The van der Waals surface area contributed by atoms with Crippen molar-refractivity contribution in [2.75, 3.05) is 11.4 Å². The number of rotatable bonds is 5. The minimum absolute atomic E-state index is 0.0104. The summed E-state index contributed by atoms with van der Waals surface area (Å²) in [7, 11) is -4.11. The van der Waals surface area contributed by atoms with E-state index in [9.17, 15) is 18.0 Å². The van der Waals surface area contributed by atoms with Gasteiger partial charge in [0, 0.05) is 17.3 Å². The molecule has 2 aromatic carbocycles. The summed E-state index contributed by atoms with van der Waals surface area (Å²) in [5.41, 5.74) is 1.68. The van der Waals surface area contributed by atoms with Gasteiger partial charge in [-0.1, -0.05) is 30.3 Å². The number of amides is 1. The Hall–Kier alpha value is -3.17. The Kier molecular flexibility index (Phi) is 5.79. The molecular weight excluding hydrogens is 440 g/mol. The molecule has 3 aromatic rings. The number of nitrogens with zero attached hydrogens (tertiary/aromatic N) is 2. The quantitative estimate of drug-likeness (QED) is 0.599. The summed E-state index contributed by atoms with van der Waals surface area (Å²) < 4.78 is 27.3. The molecule has 1 unspecified atom stereocenters. The first kappa shape index (κ1) is 23.0. The molecule has 0 fully saturated rings. The van der Waals surface area contributed by atoms with E-state index in [0.29, 0.717) is 23.4 Å². The van der Waals surface area contributed by atoms with Gasteiger partial charge in [-0.05, 0) is 63.4 Å². The van der Waals surface area contributed by atoms with Crippen molar-refractivity contribution in [2.24, 2.45) is 0 Å². The maximum atomic E-state index is 13.3. The van der Waals surface area contributed by atoms with Gasteiger partial charge in [0.1, 0.15) is 0 Å². The second-order valence-corrected chi connectivity index (χ2v) is 11.2. The van der Waals surface area contributed by atoms with Gasteiger partial charge in [-0.2, -0.15) is 3.97 Å². The summed E-state index contributed by atoms with van der Waals surface area (Å²) in [6, 6.07) is 13.6. The molecule has 8 nitrogen and oxygen atoms in total. The molecule has 33 heavy (non-hydrogen) atoms. The lowest BCUT2D eigenvalue weighted by Gasteiger charge is -2.26. The van der Waals surface area contributed by atoms with E-state index in [1.54, 1.807) is 29.2 Å². The van der Waals surface area contributed by atoms with Crippen LogP contribution in [0.3, 0.4) is 0 Å². The maximum absolute atomic E-state index is 13.3. The number of nitrogens with one attached hydrogen (secondary N) is 2. The van der Waals surface area contributed by atoms with Gasteiger partial charge >= 0.3 is 5.69 Å². The number of H-pyrrole nitrogens is 1. The molecular formula is C24H28N4O4S. The third kappa shape index (κ3) is 4.51. The van der Waals surface area contributed by atoms with Crippen LogP contribution in [0.15, 0.2) is 64.4 Å². The Morgan fingerprint density at radius 3 is 2.52 bits per heavy atom. The van der Waals surface area contributed by atoms with E-state index in [2.05, 4.69) is 10.3 Å². The molecule has 1 amide bonds. The van der Waals surface area contributed by atoms with E-state index in [4.69, 9.17) is 0 Å². The second-order valence-electron chi connectivity index (χ2n) is 9.35. The summed E-state index contributed by atoms with van der Waals surface area (Å²) in [5, 5.41) is 3.20. The molecule has 1 atom stereocenters. The SMILES string of the molecule is CC1Cc2cc(S(=O)(=O)n3cc(-c4ccccc4)[nH]c3=O)ccc2N1C(=O)CNC(C)(C)C. The number of hydrogen-bond acceptors (Lipinski definition) is 5. The van der Waals surface area contributed by atoms with E-state index in [0.717, 1.165) is 9.54 Å². The highest BCUT2D eigenvalue weighted by atomic mass is 32.2. The zero-order valence-corrected chi connectivity index (χ0v) is 19.9. The van der Waals surface area contributed by atoms with Gasteiger partial charge in [0.05, 0.1) is 23.3 Å². The third-order valence-corrected chi connectivity index (χ3v) is 7.27. The van der Waals surface area contributed by atoms with Crippen LogP contribution in [-0.4, -0.2) is 41.4 Å². The molecule has 0 saturated carbocycles. The Morgan fingerprint density at radius 2 is 1.85 bits per heavy atom. The Labute approximate surface area is 193 Å². The standard InChI is InChI=1S/C24H28N4O4S/c1-16-12-18-13-19(10-11-21(18)28(16)22(29)14-25-24(2,3)4)33(31,32)27-15-20(26-23(27)30)17-8-6-5-7-9-17/h5-11,13,15-16,25H,12,14H2,1-4H3,(H,26,30). The van der Waals surface area contributed by atoms with Crippen molar-refractivity contribution in [2.45, 2.75) is 50.6 Å². The van der Waals surface area contributed by atoms with Crippen LogP contribution >= 0.6 is 0 Å². The minimum Gasteiger partial charge on any atom is -0.308 e. The van der Waals surface area contributed by atoms with Crippen molar-refractivity contribution in [1.82, 2.24) is 14.3 Å². The van der Waals surface area contributed by atoms with E-state index >= 15 is 0 Å². The number of carbonyl (C=O) groups excluding carboxylic acids is 1. The fourth-order valence-electron chi connectivity index (χ4n) is 4.01. The van der Waals surface area contributed by atoms with Crippen molar-refractivity contribution < 1.29 is 13.2 Å². The number of anilines is 1. The summed E-state index contributed by atoms with van der Waals surface area (Å²) in [6.07, 6.45) is 1.84. The molecule has 0 radical (unpaired) electrons. The normalized spacial score (nSPS) is 16.1. The number of imidazole rings is 1. The van der Waals surface area contributed by atoms with E-state index < -0.39 is 15.7 Å². The fourth-order valence-corrected chi connectivity index (χ4v) is 5.28. The van der Waals surface area contributed by atoms with E-state index in [1.165, 1.54) is 12.3 Å². The van der Waals surface area contributed by atoms with Gasteiger partial charge < -0.3 is 15.2 Å². The van der Waals surface area contributed by atoms with Crippen LogP contribution in [-0.2, 0) is 21.2 Å². The average molecular weight is 469 g/mol. The summed E-state index contributed by atoms with van der Waals surface area (Å²) in [5.74, 6) is -0.0684. The molecule has 2 N–H and O–H groups in total. The zero-order valence-electron chi connectivity index (χ0n) is 19.1. The number of benzene rings is 2. The van der Waals surface area contributed by atoms with Crippen molar-refractivity contribution in [3.8, 4) is 11.3 Å². The zero-order chi connectivity index (χ0) is 24.0. The largest absolute Gasteiger partial charge is 0.340 e. The highest BCUT2D eigenvalue weighted by Crippen LogP contribution is 2.34. The van der Waals surface area contributed by atoms with Crippen LogP contribution < -0.4 is 15.9 Å². The molecule has 0 aliphatic carbocycles. The summed E-state index contributed by atoms with van der Waals surface area (Å²) >= 11 is 0. The number of aromatic nitrogens is 2. The summed E-state index contributed by atoms with van der Waals surface area (Å²) in [6.45, 7) is 8.10. The van der Waals surface area contributed by atoms with Crippen LogP contribution in [0.2, 0.25) is 0 Å². The molecule has 0 spiro atoms. The smallest absolute Gasteiger partial charge is 0.308 e. The van der Waals surface area contributed by atoms with Gasteiger partial charge in [0.25, 0.3) is 10.0 Å². The Morgan fingerprint density at radius 1 is 1.15 bits per heavy atom. The molecule has 174 valence electrons. The van der Waals surface area contributed by atoms with Crippen molar-refractivity contribution in [3.05, 3.63) is 70.8 Å². The van der Waals surface area contributed by atoms with Crippen molar-refractivity contribution >= 4 is 21.6 Å². The first-order valence-electron chi connectivity index (χ1n) is 10.8. The van der Waals surface area contributed by atoms with Crippen molar-refractivity contribution in [1.29, 1.82) is 0 Å². The predicted octanol–water partition coefficient (Wildman–Crippen LogP) is 2.75. The third-order valence-electron chi connectivity index (χ3n) is 5.63. The van der Waals surface area contributed by atoms with Crippen LogP contribution in [0.1, 0.15) is 33.3 Å². The van der Waals surface area contributed by atoms with Gasteiger partial charge in [-0.15, -0.1) is 0 Å². The number of fused-ring (bicyclic) bond motifs is 1. The highest BCUT2D eigenvalue weighted by Gasteiger charge is 2.33. The lowest BCUT2D eigenvalue weighted by Crippen LogP contribution is -2.46. The Bertz CT molecular complexity index is 1350. The highest BCUT2D eigenvalue weighted by molar-refractivity contribution is 7.90. The first-order valence-corrected chi connectivity index (χ1v) is 12.2. The number of hydrogen-bond donors (Lipinski definition) is 2. The van der Waals surface area contributed by atoms with Gasteiger partial charge in [-0.25, -0.2) is 13.2 Å².